The number of amides is 2. The van der Waals surface area contributed by atoms with Crippen LogP contribution in [0.25, 0.3) is 27.4 Å². The van der Waals surface area contributed by atoms with Crippen LogP contribution in [0.3, 0.4) is 0 Å². The molecular weight excluding hydrogens is 535 g/mol. The molecule has 9 nitrogen and oxygen atoms in total. The van der Waals surface area contributed by atoms with E-state index < -0.39 is 33.6 Å². The number of aromatic nitrogens is 2. The van der Waals surface area contributed by atoms with Crippen LogP contribution < -0.4 is 16.2 Å². The summed E-state index contributed by atoms with van der Waals surface area (Å²) in [5.41, 5.74) is 5.48. The summed E-state index contributed by atoms with van der Waals surface area (Å²) in [7, 11) is -3.94. The minimum Gasteiger partial charge on any atom is -0.364 e. The molecule has 5 rings (SSSR count). The Bertz CT molecular complexity index is 1900. The Kier molecular flexibility index (Phi) is 6.12. The fraction of sp³-hybridized carbons (Fsp3) is 0.0385. The topological polar surface area (TPSA) is 150 Å². The second-order valence-electron chi connectivity index (χ2n) is 8.59. The minimum absolute atomic E-state index is 0.0409. The zero-order valence-electron chi connectivity index (χ0n) is 19.7. The summed E-state index contributed by atoms with van der Waals surface area (Å²) < 4.78 is 64.0. The second-order valence-corrected chi connectivity index (χ2v) is 10.2. The van der Waals surface area contributed by atoms with Gasteiger partial charge < -0.3 is 11.1 Å². The molecule has 0 unspecified atom stereocenters. The van der Waals surface area contributed by atoms with Gasteiger partial charge in [0.2, 0.25) is 10.0 Å². The molecule has 0 aliphatic heterocycles. The molecule has 5 N–H and O–H groups in total. The standard InChI is InChI=1S/C26H18F3N5O4S/c27-26(28,29)16-3-1-2-15(12-16)25(36)32-17-6-4-14-5-11-20-22(24(30)35)33-34(23(20)21(14)13-17)18-7-9-19(10-8-18)39(31,37)38/h1-13H,(H2,30,35)(H,32,36)(H2,31,37,38). The smallest absolute Gasteiger partial charge is 0.364 e. The maximum absolute atomic E-state index is 13.1. The predicted octanol–water partition coefficient (Wildman–Crippen LogP) is 4.20. The van der Waals surface area contributed by atoms with E-state index in [9.17, 15) is 31.2 Å². The van der Waals surface area contributed by atoms with Crippen molar-refractivity contribution in [2.24, 2.45) is 10.9 Å². The van der Waals surface area contributed by atoms with Crippen molar-refractivity contribution in [2.75, 3.05) is 5.32 Å². The average Bonchev–Trinajstić information content (AvgIpc) is 3.28. The van der Waals surface area contributed by atoms with Gasteiger partial charge in [-0.1, -0.05) is 18.2 Å². The number of carbonyl (C=O) groups excluding carboxylic acids is 2. The largest absolute Gasteiger partial charge is 0.416 e. The van der Waals surface area contributed by atoms with Gasteiger partial charge in [-0.25, -0.2) is 18.2 Å². The number of nitrogens with one attached hydrogen (secondary N) is 1. The normalized spacial score (nSPS) is 12.1. The van der Waals surface area contributed by atoms with Crippen LogP contribution in [0.15, 0.2) is 83.8 Å². The molecule has 0 fully saturated rings. The maximum Gasteiger partial charge on any atom is 0.416 e. The Labute approximate surface area is 218 Å². The van der Waals surface area contributed by atoms with Gasteiger partial charge in [0.05, 0.1) is 21.7 Å². The summed E-state index contributed by atoms with van der Waals surface area (Å²) in [6, 6.07) is 17.7. The predicted molar refractivity (Wildman–Crippen MR) is 138 cm³/mol. The first kappa shape index (κ1) is 25.9. The Morgan fingerprint density at radius 1 is 0.897 bits per heavy atom. The SMILES string of the molecule is NC(=O)c1nn(-c2ccc(S(N)(=O)=O)cc2)c2c1ccc1ccc(NC(=O)c3cccc(C(F)(F)F)c3)cc12. The number of hydrogen-bond acceptors (Lipinski definition) is 5. The van der Waals surface area contributed by atoms with E-state index in [1.54, 1.807) is 30.3 Å². The zero-order chi connectivity index (χ0) is 28.1. The number of carbonyl (C=O) groups is 2. The number of hydrogen-bond donors (Lipinski definition) is 3. The van der Waals surface area contributed by atoms with E-state index in [4.69, 9.17) is 10.9 Å². The van der Waals surface area contributed by atoms with Crippen molar-refractivity contribution >= 4 is 49.2 Å². The van der Waals surface area contributed by atoms with E-state index in [1.165, 1.54) is 35.0 Å². The molecule has 0 saturated carbocycles. The summed E-state index contributed by atoms with van der Waals surface area (Å²) in [6.45, 7) is 0. The fourth-order valence-electron chi connectivity index (χ4n) is 4.19. The van der Waals surface area contributed by atoms with E-state index in [0.717, 1.165) is 18.2 Å². The molecule has 39 heavy (non-hydrogen) atoms. The van der Waals surface area contributed by atoms with Gasteiger partial charge in [0, 0.05) is 22.0 Å². The number of sulfonamides is 1. The van der Waals surface area contributed by atoms with Crippen LogP contribution in [0.4, 0.5) is 18.9 Å². The highest BCUT2D eigenvalue weighted by molar-refractivity contribution is 7.89. The third kappa shape index (κ3) is 4.92. The van der Waals surface area contributed by atoms with Crippen LogP contribution in [-0.2, 0) is 16.2 Å². The van der Waals surface area contributed by atoms with Gasteiger partial charge in [-0.3, -0.25) is 9.59 Å². The molecule has 0 saturated heterocycles. The number of nitrogens with two attached hydrogens (primary N) is 2. The summed E-state index contributed by atoms with van der Waals surface area (Å²) >= 11 is 0. The van der Waals surface area contributed by atoms with Gasteiger partial charge in [0.1, 0.15) is 0 Å². The Morgan fingerprint density at radius 2 is 1.59 bits per heavy atom. The van der Waals surface area contributed by atoms with Crippen molar-refractivity contribution in [3.05, 3.63) is 95.7 Å². The molecule has 0 aliphatic carbocycles. The molecule has 1 heterocycles. The van der Waals surface area contributed by atoms with Gasteiger partial charge in [0.15, 0.2) is 5.69 Å². The zero-order valence-corrected chi connectivity index (χ0v) is 20.5. The molecule has 0 atom stereocenters. The van der Waals surface area contributed by atoms with E-state index in [-0.39, 0.29) is 21.8 Å². The maximum atomic E-state index is 13.1. The summed E-state index contributed by atoms with van der Waals surface area (Å²) in [4.78, 5) is 24.8. The van der Waals surface area contributed by atoms with Gasteiger partial charge in [-0.05, 0) is 66.0 Å². The molecule has 0 radical (unpaired) electrons. The van der Waals surface area contributed by atoms with Crippen LogP contribution in [0.1, 0.15) is 26.4 Å². The highest BCUT2D eigenvalue weighted by Gasteiger charge is 2.31. The number of benzene rings is 4. The third-order valence-electron chi connectivity index (χ3n) is 6.01. The molecule has 198 valence electrons. The molecule has 0 bridgehead atoms. The van der Waals surface area contributed by atoms with Gasteiger partial charge >= 0.3 is 6.18 Å². The first-order chi connectivity index (χ1) is 18.3. The quantitative estimate of drug-likeness (QED) is 0.298. The molecule has 0 aliphatic rings. The lowest BCUT2D eigenvalue weighted by molar-refractivity contribution is -0.137. The summed E-state index contributed by atoms with van der Waals surface area (Å²) in [5.74, 6) is -1.55. The number of alkyl halides is 3. The van der Waals surface area contributed by atoms with Crippen LogP contribution in [-0.4, -0.2) is 30.0 Å². The average molecular weight is 554 g/mol. The van der Waals surface area contributed by atoms with Crippen LogP contribution in [0.5, 0.6) is 0 Å². The lowest BCUT2D eigenvalue weighted by atomic mass is 10.0. The van der Waals surface area contributed by atoms with E-state index in [0.29, 0.717) is 27.4 Å². The van der Waals surface area contributed by atoms with Gasteiger partial charge in [-0.15, -0.1) is 0 Å². The number of anilines is 1. The minimum atomic E-state index is -4.60. The van der Waals surface area contributed by atoms with E-state index in [1.807, 2.05) is 0 Å². The molecule has 1 aromatic heterocycles. The molecule has 13 heteroatoms. The molecule has 4 aromatic carbocycles. The van der Waals surface area contributed by atoms with Crippen molar-refractivity contribution in [3.8, 4) is 5.69 Å². The molecule has 2 amide bonds. The van der Waals surface area contributed by atoms with Crippen molar-refractivity contribution in [1.29, 1.82) is 0 Å². The van der Waals surface area contributed by atoms with Crippen molar-refractivity contribution < 1.29 is 31.2 Å². The first-order valence-corrected chi connectivity index (χ1v) is 12.7. The van der Waals surface area contributed by atoms with E-state index in [2.05, 4.69) is 10.4 Å². The summed E-state index contributed by atoms with van der Waals surface area (Å²) in [5, 5.41) is 13.7. The van der Waals surface area contributed by atoms with Crippen LogP contribution >= 0.6 is 0 Å². The number of primary amides is 1. The van der Waals surface area contributed by atoms with Crippen molar-refractivity contribution in [2.45, 2.75) is 11.1 Å². The van der Waals surface area contributed by atoms with Crippen molar-refractivity contribution in [1.82, 2.24) is 9.78 Å². The fourth-order valence-corrected chi connectivity index (χ4v) is 4.71. The van der Waals surface area contributed by atoms with Crippen LogP contribution in [0, 0.1) is 0 Å². The molecule has 5 aromatic rings. The van der Waals surface area contributed by atoms with Gasteiger partial charge in [-0.2, -0.15) is 18.3 Å². The lowest BCUT2D eigenvalue weighted by Gasteiger charge is -2.11. The van der Waals surface area contributed by atoms with Crippen LogP contribution in [0.2, 0.25) is 0 Å². The summed E-state index contributed by atoms with van der Waals surface area (Å²) in [6.07, 6.45) is -4.60. The Hall–Kier alpha value is -4.75. The second kappa shape index (κ2) is 9.22. The van der Waals surface area contributed by atoms with Crippen molar-refractivity contribution in [3.63, 3.8) is 0 Å². The molecule has 0 spiro atoms. The van der Waals surface area contributed by atoms with Gasteiger partial charge in [0.25, 0.3) is 11.8 Å². The Morgan fingerprint density at radius 3 is 2.23 bits per heavy atom. The number of nitrogens with zero attached hydrogens (tertiary/aromatic N) is 2. The first-order valence-electron chi connectivity index (χ1n) is 11.2. The third-order valence-corrected chi connectivity index (χ3v) is 6.94. The number of fused-ring (bicyclic) bond motifs is 3. The number of halogens is 3. The number of primary sulfonamides is 1. The monoisotopic (exact) mass is 553 g/mol. The van der Waals surface area contributed by atoms with E-state index >= 15 is 0 Å². The molecular formula is C26H18F3N5O4S. The highest BCUT2D eigenvalue weighted by Crippen LogP contribution is 2.33. The number of rotatable bonds is 5. The Balaban J connectivity index is 1.63. The highest BCUT2D eigenvalue weighted by atomic mass is 32.2. The lowest BCUT2D eigenvalue weighted by Crippen LogP contribution is -2.14.